The third-order valence-electron chi connectivity index (χ3n) is 3.24. The third kappa shape index (κ3) is 6.27. The number of hydrogen-bond donors (Lipinski definition) is 3. The van der Waals surface area contributed by atoms with Crippen LogP contribution in [0.5, 0.6) is 0 Å². The monoisotopic (exact) mass is 312 g/mol. The normalized spacial score (nSPS) is 12.8. The molecule has 1 unspecified atom stereocenters. The number of hydrogen-bond acceptors (Lipinski definition) is 4. The Labute approximate surface area is 129 Å². The molecule has 0 aromatic carbocycles. The second-order valence-electron chi connectivity index (χ2n) is 5.88. The fourth-order valence-electron chi connectivity index (χ4n) is 1.87. The number of carbonyl (C=O) groups excluding carboxylic acids is 2. The molecule has 21 heavy (non-hydrogen) atoms. The lowest BCUT2D eigenvalue weighted by atomic mass is 9.88. The van der Waals surface area contributed by atoms with Crippen LogP contribution in [0.1, 0.15) is 43.3 Å². The van der Waals surface area contributed by atoms with E-state index in [9.17, 15) is 9.59 Å². The van der Waals surface area contributed by atoms with Crippen molar-refractivity contribution >= 4 is 23.2 Å². The SMILES string of the molecule is CC(NC(=O)c1cccs1)C(=O)NCC(C)(C)CCCO. The maximum atomic E-state index is 12.0. The average molecular weight is 312 g/mol. The quantitative estimate of drug-likeness (QED) is 0.684. The standard InChI is InChI=1S/C15H24N2O3S/c1-11(17-14(20)12-6-4-9-21-12)13(19)16-10-15(2,3)7-5-8-18/h4,6,9,11,18H,5,7-8,10H2,1-3H3,(H,16,19)(H,17,20). The number of carbonyl (C=O) groups is 2. The van der Waals surface area contributed by atoms with E-state index in [2.05, 4.69) is 10.6 Å². The lowest BCUT2D eigenvalue weighted by Crippen LogP contribution is -2.47. The predicted molar refractivity (Wildman–Crippen MR) is 84.4 cm³/mol. The van der Waals surface area contributed by atoms with Crippen LogP contribution in [-0.4, -0.2) is 36.1 Å². The highest BCUT2D eigenvalue weighted by molar-refractivity contribution is 7.12. The molecule has 0 spiro atoms. The minimum atomic E-state index is -0.576. The summed E-state index contributed by atoms with van der Waals surface area (Å²) < 4.78 is 0. The minimum absolute atomic E-state index is 0.0735. The van der Waals surface area contributed by atoms with Gasteiger partial charge in [-0.2, -0.15) is 0 Å². The van der Waals surface area contributed by atoms with Gasteiger partial charge in [-0.25, -0.2) is 0 Å². The van der Waals surface area contributed by atoms with Gasteiger partial charge in [-0.3, -0.25) is 9.59 Å². The van der Waals surface area contributed by atoms with Crippen molar-refractivity contribution in [1.29, 1.82) is 0 Å². The fraction of sp³-hybridized carbons (Fsp3) is 0.600. The maximum absolute atomic E-state index is 12.0. The molecule has 1 atom stereocenters. The van der Waals surface area contributed by atoms with Crippen LogP contribution < -0.4 is 10.6 Å². The maximum Gasteiger partial charge on any atom is 0.261 e. The zero-order chi connectivity index (χ0) is 15.9. The number of aliphatic hydroxyl groups is 1. The summed E-state index contributed by atoms with van der Waals surface area (Å²) in [5.74, 6) is -0.427. The molecule has 0 aliphatic carbocycles. The van der Waals surface area contributed by atoms with Crippen LogP contribution in [0, 0.1) is 5.41 Å². The number of nitrogens with one attached hydrogen (secondary N) is 2. The van der Waals surface area contributed by atoms with Gasteiger partial charge < -0.3 is 15.7 Å². The topological polar surface area (TPSA) is 78.4 Å². The van der Waals surface area contributed by atoms with E-state index in [1.165, 1.54) is 11.3 Å². The van der Waals surface area contributed by atoms with E-state index in [1.807, 2.05) is 19.2 Å². The molecule has 0 aliphatic rings. The van der Waals surface area contributed by atoms with Gasteiger partial charge in [-0.1, -0.05) is 19.9 Å². The molecule has 2 amide bonds. The van der Waals surface area contributed by atoms with E-state index < -0.39 is 6.04 Å². The summed E-state index contributed by atoms with van der Waals surface area (Å²) in [7, 11) is 0. The zero-order valence-corrected chi connectivity index (χ0v) is 13.6. The molecule has 6 heteroatoms. The first-order valence-corrected chi connectivity index (χ1v) is 7.96. The average Bonchev–Trinajstić information content (AvgIpc) is 2.96. The lowest BCUT2D eigenvalue weighted by Gasteiger charge is -2.25. The van der Waals surface area contributed by atoms with Crippen LogP contribution in [0.15, 0.2) is 17.5 Å². The summed E-state index contributed by atoms with van der Waals surface area (Å²) in [6, 6.07) is 2.95. The van der Waals surface area contributed by atoms with E-state index in [4.69, 9.17) is 5.11 Å². The molecule has 1 rings (SSSR count). The van der Waals surface area contributed by atoms with Gasteiger partial charge in [0.15, 0.2) is 0 Å². The first-order valence-electron chi connectivity index (χ1n) is 7.09. The summed E-state index contributed by atoms with van der Waals surface area (Å²) in [4.78, 5) is 24.4. The molecule has 0 radical (unpaired) electrons. The molecular weight excluding hydrogens is 288 g/mol. The van der Waals surface area contributed by atoms with Crippen molar-refractivity contribution in [3.8, 4) is 0 Å². The van der Waals surface area contributed by atoms with E-state index in [-0.39, 0.29) is 23.8 Å². The largest absolute Gasteiger partial charge is 0.396 e. The summed E-state index contributed by atoms with van der Waals surface area (Å²) in [5, 5.41) is 16.2. The molecule has 0 bridgehead atoms. The molecule has 0 saturated carbocycles. The van der Waals surface area contributed by atoms with Gasteiger partial charge >= 0.3 is 0 Å². The number of amides is 2. The molecule has 0 aliphatic heterocycles. The second-order valence-corrected chi connectivity index (χ2v) is 6.83. The Kier molecular flexibility index (Phi) is 6.84. The summed E-state index contributed by atoms with van der Waals surface area (Å²) >= 11 is 1.34. The predicted octanol–water partition coefficient (Wildman–Crippen LogP) is 1.78. The van der Waals surface area contributed by atoms with Gasteiger partial charge in [0.2, 0.25) is 5.91 Å². The van der Waals surface area contributed by atoms with Gasteiger partial charge in [0.1, 0.15) is 6.04 Å². The Balaban J connectivity index is 2.39. The Bertz CT molecular complexity index is 457. The Morgan fingerprint density at radius 1 is 1.43 bits per heavy atom. The Hall–Kier alpha value is -1.40. The molecular formula is C15H24N2O3S. The Morgan fingerprint density at radius 3 is 2.71 bits per heavy atom. The van der Waals surface area contributed by atoms with Crippen molar-refractivity contribution < 1.29 is 14.7 Å². The van der Waals surface area contributed by atoms with Crippen LogP contribution >= 0.6 is 11.3 Å². The highest BCUT2D eigenvalue weighted by Crippen LogP contribution is 2.20. The molecule has 1 heterocycles. The van der Waals surface area contributed by atoms with Crippen molar-refractivity contribution in [2.75, 3.05) is 13.2 Å². The van der Waals surface area contributed by atoms with Crippen LogP contribution in [0.4, 0.5) is 0 Å². The summed E-state index contributed by atoms with van der Waals surface area (Å²) in [6.07, 6.45) is 1.55. The second kappa shape index (κ2) is 8.14. The Morgan fingerprint density at radius 2 is 2.14 bits per heavy atom. The number of rotatable bonds is 8. The van der Waals surface area contributed by atoms with Gasteiger partial charge in [0, 0.05) is 13.2 Å². The first-order chi connectivity index (χ1) is 9.85. The van der Waals surface area contributed by atoms with Crippen molar-refractivity contribution in [1.82, 2.24) is 10.6 Å². The van der Waals surface area contributed by atoms with Gasteiger partial charge in [0.05, 0.1) is 4.88 Å². The first kappa shape index (κ1) is 17.7. The van der Waals surface area contributed by atoms with E-state index in [1.54, 1.807) is 19.1 Å². The van der Waals surface area contributed by atoms with E-state index in [0.29, 0.717) is 17.8 Å². The van der Waals surface area contributed by atoms with E-state index in [0.717, 1.165) is 6.42 Å². The van der Waals surface area contributed by atoms with Crippen molar-refractivity contribution in [3.63, 3.8) is 0 Å². The van der Waals surface area contributed by atoms with Crippen molar-refractivity contribution in [2.45, 2.75) is 39.7 Å². The molecule has 1 aromatic rings. The molecule has 3 N–H and O–H groups in total. The molecule has 5 nitrogen and oxygen atoms in total. The van der Waals surface area contributed by atoms with Crippen molar-refractivity contribution in [3.05, 3.63) is 22.4 Å². The molecule has 118 valence electrons. The van der Waals surface area contributed by atoms with Crippen LogP contribution in [0.3, 0.4) is 0 Å². The zero-order valence-electron chi connectivity index (χ0n) is 12.8. The number of thiophene rings is 1. The molecule has 1 aromatic heterocycles. The van der Waals surface area contributed by atoms with E-state index >= 15 is 0 Å². The van der Waals surface area contributed by atoms with Crippen molar-refractivity contribution in [2.24, 2.45) is 5.41 Å². The lowest BCUT2D eigenvalue weighted by molar-refractivity contribution is -0.123. The van der Waals surface area contributed by atoms with Crippen LogP contribution in [0.2, 0.25) is 0 Å². The van der Waals surface area contributed by atoms with Gasteiger partial charge in [0.25, 0.3) is 5.91 Å². The molecule has 0 saturated heterocycles. The third-order valence-corrected chi connectivity index (χ3v) is 4.11. The summed E-state index contributed by atoms with van der Waals surface area (Å²) in [6.45, 7) is 6.42. The number of aliphatic hydroxyl groups excluding tert-OH is 1. The highest BCUT2D eigenvalue weighted by Gasteiger charge is 2.21. The van der Waals surface area contributed by atoms with Crippen LogP contribution in [0.25, 0.3) is 0 Å². The highest BCUT2D eigenvalue weighted by atomic mass is 32.1. The van der Waals surface area contributed by atoms with Crippen LogP contribution in [-0.2, 0) is 4.79 Å². The van der Waals surface area contributed by atoms with Gasteiger partial charge in [-0.15, -0.1) is 11.3 Å². The van der Waals surface area contributed by atoms with Gasteiger partial charge in [-0.05, 0) is 36.6 Å². The summed E-state index contributed by atoms with van der Waals surface area (Å²) in [5.41, 5.74) is -0.0735. The molecule has 0 fully saturated rings. The minimum Gasteiger partial charge on any atom is -0.396 e. The fourth-order valence-corrected chi connectivity index (χ4v) is 2.49. The smallest absolute Gasteiger partial charge is 0.261 e.